The van der Waals surface area contributed by atoms with E-state index >= 15 is 0 Å². The lowest BCUT2D eigenvalue weighted by molar-refractivity contribution is 0.400. The molecule has 0 radical (unpaired) electrons. The van der Waals surface area contributed by atoms with E-state index < -0.39 is 0 Å². The van der Waals surface area contributed by atoms with Crippen molar-refractivity contribution >= 4 is 11.3 Å². The van der Waals surface area contributed by atoms with Crippen LogP contribution in [-0.4, -0.2) is 21.9 Å². The van der Waals surface area contributed by atoms with Gasteiger partial charge in [-0.25, -0.2) is 4.98 Å². The van der Waals surface area contributed by atoms with E-state index in [1.165, 1.54) is 11.3 Å². The molecular weight excluding hydrogens is 236 g/mol. The lowest BCUT2D eigenvalue weighted by Gasteiger charge is -2.16. The minimum Gasteiger partial charge on any atom is -0.493 e. The fourth-order valence-electron chi connectivity index (χ4n) is 1.74. The average Bonchev–Trinajstić information content (AvgIpc) is 2.96. The Balaban J connectivity index is 2.45. The number of methoxy groups -OCH3 is 1. The Kier molecular flexibility index (Phi) is 3.44. The molecule has 0 aliphatic carbocycles. The largest absolute Gasteiger partial charge is 0.493 e. The quantitative estimate of drug-likeness (QED) is 0.903. The minimum atomic E-state index is -0.305. The zero-order valence-corrected chi connectivity index (χ0v) is 10.9. The van der Waals surface area contributed by atoms with E-state index in [0.717, 1.165) is 11.4 Å². The van der Waals surface area contributed by atoms with E-state index in [4.69, 9.17) is 10.5 Å². The SMILES string of the molecule is COc1cnn(C(C)C)c1C(N)c1cscn1. The molecule has 17 heavy (non-hydrogen) atoms. The van der Waals surface area contributed by atoms with Gasteiger partial charge in [-0.05, 0) is 13.8 Å². The summed E-state index contributed by atoms with van der Waals surface area (Å²) in [5, 5.41) is 6.25. The van der Waals surface area contributed by atoms with E-state index in [1.807, 2.05) is 10.1 Å². The Labute approximate surface area is 104 Å². The number of hydrogen-bond donors (Lipinski definition) is 1. The van der Waals surface area contributed by atoms with E-state index in [2.05, 4.69) is 23.9 Å². The highest BCUT2D eigenvalue weighted by Crippen LogP contribution is 2.29. The van der Waals surface area contributed by atoms with Crippen molar-refractivity contribution in [2.45, 2.75) is 25.9 Å². The van der Waals surface area contributed by atoms with Crippen LogP contribution in [0.4, 0.5) is 0 Å². The van der Waals surface area contributed by atoms with Gasteiger partial charge in [-0.3, -0.25) is 4.68 Å². The standard InChI is InChI=1S/C11H16N4OS/c1-7(2)15-11(9(16-3)4-14-15)10(12)8-5-17-6-13-8/h4-7,10H,12H2,1-3H3. The van der Waals surface area contributed by atoms with Crippen molar-refractivity contribution in [3.8, 4) is 5.75 Å². The molecule has 0 aliphatic heterocycles. The van der Waals surface area contributed by atoms with Crippen molar-refractivity contribution in [3.63, 3.8) is 0 Å². The van der Waals surface area contributed by atoms with E-state index in [9.17, 15) is 0 Å². The maximum absolute atomic E-state index is 6.22. The molecule has 0 spiro atoms. The van der Waals surface area contributed by atoms with Gasteiger partial charge in [0.25, 0.3) is 0 Å². The van der Waals surface area contributed by atoms with Crippen LogP contribution in [-0.2, 0) is 0 Å². The first-order valence-electron chi connectivity index (χ1n) is 5.40. The number of ether oxygens (including phenoxy) is 1. The Morgan fingerprint density at radius 1 is 1.47 bits per heavy atom. The highest BCUT2D eigenvalue weighted by Gasteiger charge is 2.22. The molecule has 5 nitrogen and oxygen atoms in total. The van der Waals surface area contributed by atoms with E-state index in [1.54, 1.807) is 18.8 Å². The first kappa shape index (κ1) is 12.1. The molecule has 6 heteroatoms. The van der Waals surface area contributed by atoms with Crippen LogP contribution in [0.15, 0.2) is 17.1 Å². The van der Waals surface area contributed by atoms with Gasteiger partial charge in [-0.15, -0.1) is 11.3 Å². The molecule has 0 amide bonds. The lowest BCUT2D eigenvalue weighted by Crippen LogP contribution is -2.19. The lowest BCUT2D eigenvalue weighted by atomic mass is 10.1. The second-order valence-electron chi connectivity index (χ2n) is 4.03. The molecule has 2 aromatic heterocycles. The molecule has 0 fully saturated rings. The molecule has 0 aliphatic rings. The van der Waals surface area contributed by atoms with Crippen molar-refractivity contribution in [2.24, 2.45) is 5.73 Å². The topological polar surface area (TPSA) is 66.0 Å². The molecule has 92 valence electrons. The monoisotopic (exact) mass is 252 g/mol. The molecule has 0 saturated heterocycles. The van der Waals surface area contributed by atoms with Crippen LogP contribution in [0.3, 0.4) is 0 Å². The van der Waals surface area contributed by atoms with Gasteiger partial charge < -0.3 is 10.5 Å². The Morgan fingerprint density at radius 3 is 2.76 bits per heavy atom. The molecule has 2 N–H and O–H groups in total. The molecule has 1 unspecified atom stereocenters. The molecular formula is C11H16N4OS. The van der Waals surface area contributed by atoms with Crippen LogP contribution in [0.2, 0.25) is 0 Å². The summed E-state index contributed by atoms with van der Waals surface area (Å²) in [6, 6.07) is -0.0697. The first-order chi connectivity index (χ1) is 8.15. The van der Waals surface area contributed by atoms with Crippen molar-refractivity contribution in [1.82, 2.24) is 14.8 Å². The predicted molar refractivity (Wildman–Crippen MR) is 67.3 cm³/mol. The van der Waals surface area contributed by atoms with Gasteiger partial charge in [0.2, 0.25) is 0 Å². The molecule has 2 aromatic rings. The normalized spacial score (nSPS) is 13.0. The molecule has 2 rings (SSSR count). The zero-order valence-electron chi connectivity index (χ0n) is 10.1. The van der Waals surface area contributed by atoms with Gasteiger partial charge in [0.15, 0.2) is 5.75 Å². The van der Waals surface area contributed by atoms with Gasteiger partial charge in [0, 0.05) is 11.4 Å². The van der Waals surface area contributed by atoms with Crippen LogP contribution in [0.5, 0.6) is 5.75 Å². The molecule has 0 bridgehead atoms. The first-order valence-corrected chi connectivity index (χ1v) is 6.34. The summed E-state index contributed by atoms with van der Waals surface area (Å²) in [5.41, 5.74) is 9.71. The van der Waals surface area contributed by atoms with Crippen LogP contribution >= 0.6 is 11.3 Å². The summed E-state index contributed by atoms with van der Waals surface area (Å²) in [6.45, 7) is 4.12. The fourth-order valence-corrected chi connectivity index (χ4v) is 2.33. The van der Waals surface area contributed by atoms with Gasteiger partial charge >= 0.3 is 0 Å². The highest BCUT2D eigenvalue weighted by atomic mass is 32.1. The summed E-state index contributed by atoms with van der Waals surface area (Å²) >= 11 is 1.53. The maximum Gasteiger partial charge on any atom is 0.161 e. The van der Waals surface area contributed by atoms with Gasteiger partial charge in [-0.2, -0.15) is 5.10 Å². The summed E-state index contributed by atoms with van der Waals surface area (Å²) in [4.78, 5) is 4.24. The smallest absolute Gasteiger partial charge is 0.161 e. The Hall–Kier alpha value is -1.40. The number of nitrogens with zero attached hydrogens (tertiary/aromatic N) is 3. The molecule has 2 heterocycles. The van der Waals surface area contributed by atoms with Crippen molar-refractivity contribution in [3.05, 3.63) is 28.5 Å². The Morgan fingerprint density at radius 2 is 2.24 bits per heavy atom. The second kappa shape index (κ2) is 4.85. The molecule has 1 atom stereocenters. The van der Waals surface area contributed by atoms with Crippen LogP contribution in [0.25, 0.3) is 0 Å². The average molecular weight is 252 g/mol. The maximum atomic E-state index is 6.22. The number of nitrogens with two attached hydrogens (primary N) is 1. The third-order valence-electron chi connectivity index (χ3n) is 2.57. The van der Waals surface area contributed by atoms with Crippen molar-refractivity contribution in [1.29, 1.82) is 0 Å². The minimum absolute atomic E-state index is 0.235. The summed E-state index contributed by atoms with van der Waals surface area (Å²) < 4.78 is 7.19. The van der Waals surface area contributed by atoms with Gasteiger partial charge in [0.1, 0.15) is 5.69 Å². The zero-order chi connectivity index (χ0) is 12.4. The second-order valence-corrected chi connectivity index (χ2v) is 4.75. The summed E-state index contributed by atoms with van der Waals surface area (Å²) in [6.07, 6.45) is 1.70. The highest BCUT2D eigenvalue weighted by molar-refractivity contribution is 7.07. The van der Waals surface area contributed by atoms with E-state index in [-0.39, 0.29) is 12.1 Å². The number of hydrogen-bond acceptors (Lipinski definition) is 5. The van der Waals surface area contributed by atoms with Crippen LogP contribution in [0, 0.1) is 0 Å². The number of thiazole rings is 1. The Bertz CT molecular complexity index is 478. The van der Waals surface area contributed by atoms with Gasteiger partial charge in [0.05, 0.1) is 30.6 Å². The predicted octanol–water partition coefficient (Wildman–Crippen LogP) is 1.98. The molecule has 0 aromatic carbocycles. The third-order valence-corrected chi connectivity index (χ3v) is 3.18. The van der Waals surface area contributed by atoms with E-state index in [0.29, 0.717) is 5.75 Å². The van der Waals surface area contributed by atoms with Gasteiger partial charge in [-0.1, -0.05) is 0 Å². The van der Waals surface area contributed by atoms with Crippen molar-refractivity contribution < 1.29 is 4.74 Å². The fraction of sp³-hybridized carbons (Fsp3) is 0.455. The van der Waals surface area contributed by atoms with Crippen LogP contribution in [0.1, 0.15) is 37.3 Å². The third kappa shape index (κ3) is 2.18. The van der Waals surface area contributed by atoms with Crippen LogP contribution < -0.4 is 10.5 Å². The number of rotatable bonds is 4. The summed E-state index contributed by atoms with van der Waals surface area (Å²) in [5.74, 6) is 0.708. The van der Waals surface area contributed by atoms with Crippen molar-refractivity contribution in [2.75, 3.05) is 7.11 Å². The summed E-state index contributed by atoms with van der Waals surface area (Å²) in [7, 11) is 1.62. The number of aromatic nitrogens is 3. The molecule has 0 saturated carbocycles.